The average molecular weight is 939 g/mol. The Morgan fingerprint density at radius 1 is 0.879 bits per heavy atom. The zero-order valence-corrected chi connectivity index (χ0v) is 39.2. The van der Waals surface area contributed by atoms with Gasteiger partial charge in [-0.1, -0.05) is 57.2 Å². The molecule has 4 N–H and O–H groups in total. The summed E-state index contributed by atoms with van der Waals surface area (Å²) in [6.07, 6.45) is -0.197. The molecule has 0 saturated carbocycles. The van der Waals surface area contributed by atoms with E-state index in [9.17, 15) is 29.0 Å². The Kier molecular flexibility index (Phi) is 15.7. The monoisotopic (exact) mass is 938 g/mol. The fourth-order valence-electron chi connectivity index (χ4n) is 7.63. The van der Waals surface area contributed by atoms with Gasteiger partial charge in [0.2, 0.25) is 17.7 Å². The van der Waals surface area contributed by atoms with E-state index in [0.29, 0.717) is 36.9 Å². The van der Waals surface area contributed by atoms with Gasteiger partial charge in [-0.2, -0.15) is 0 Å². The molecule has 1 aliphatic rings. The van der Waals surface area contributed by atoms with Crippen molar-refractivity contribution in [2.75, 3.05) is 39.6 Å². The number of nitrogens with zero attached hydrogens (tertiary/aromatic N) is 2. The average Bonchev–Trinajstić information content (AvgIpc) is 4.01. The third-order valence-electron chi connectivity index (χ3n) is 11.1. The van der Waals surface area contributed by atoms with Crippen LogP contribution in [0.2, 0.25) is 0 Å². The summed E-state index contributed by atoms with van der Waals surface area (Å²) in [5.41, 5.74) is 4.79. The molecular weight excluding hydrogens is 884 g/mol. The van der Waals surface area contributed by atoms with Gasteiger partial charge in [-0.25, -0.2) is 9.37 Å². The van der Waals surface area contributed by atoms with Crippen molar-refractivity contribution in [1.29, 1.82) is 0 Å². The molecule has 3 heterocycles. The highest BCUT2D eigenvalue weighted by Gasteiger charge is 2.44. The van der Waals surface area contributed by atoms with Crippen LogP contribution in [-0.2, 0) is 23.9 Å². The minimum absolute atomic E-state index is 0.0276. The Hall–Kier alpha value is -5.91. The van der Waals surface area contributed by atoms with Gasteiger partial charge in [0.25, 0.3) is 0 Å². The number of thiophene rings is 1. The second-order valence-electron chi connectivity index (χ2n) is 17.3. The highest BCUT2D eigenvalue weighted by Crippen LogP contribution is 2.47. The van der Waals surface area contributed by atoms with Crippen molar-refractivity contribution >= 4 is 50.5 Å². The van der Waals surface area contributed by atoms with Crippen LogP contribution in [0.15, 0.2) is 96.5 Å². The molecule has 13 nitrogen and oxygen atoms in total. The van der Waals surface area contributed by atoms with E-state index in [4.69, 9.17) is 18.9 Å². The van der Waals surface area contributed by atoms with Gasteiger partial charge in [0.15, 0.2) is 5.75 Å². The molecule has 1 fully saturated rings. The molecular formula is C50H55FN4O9S2. The molecule has 3 amide bonds. The van der Waals surface area contributed by atoms with Crippen LogP contribution >= 0.6 is 22.7 Å². The molecule has 0 radical (unpaired) electrons. The van der Waals surface area contributed by atoms with Gasteiger partial charge in [-0.3, -0.25) is 14.4 Å². The van der Waals surface area contributed by atoms with Gasteiger partial charge in [0.1, 0.15) is 41.8 Å². The zero-order valence-electron chi connectivity index (χ0n) is 37.5. The van der Waals surface area contributed by atoms with Gasteiger partial charge in [0.05, 0.1) is 52.9 Å². The lowest BCUT2D eigenvalue weighted by Crippen LogP contribution is -2.58. The SMILES string of the molecule is Cc1ncsc1-c1ccc([C@H](C)NC(=O)[C@@H]2C[C@@H](O)CN2C(=O)[C@@H](NC(=O)COCCOCCCOc2ccc(Oc3c(-c4ccc(F)cc4)sc4cc(O)ccc34)cc2)C(C)(C)C)cc1. The number of aliphatic hydroxyl groups is 1. The number of thiazole rings is 1. The number of halogens is 1. The van der Waals surface area contributed by atoms with Crippen molar-refractivity contribution in [2.24, 2.45) is 5.41 Å². The molecule has 6 aromatic rings. The third-order valence-corrected chi connectivity index (χ3v) is 13.3. The van der Waals surface area contributed by atoms with Gasteiger partial charge in [-0.15, -0.1) is 22.7 Å². The first kappa shape index (κ1) is 48.0. The van der Waals surface area contributed by atoms with Crippen molar-refractivity contribution in [1.82, 2.24) is 20.5 Å². The quantitative estimate of drug-likeness (QED) is 0.0576. The van der Waals surface area contributed by atoms with E-state index in [1.807, 2.05) is 76.5 Å². The van der Waals surface area contributed by atoms with Crippen LogP contribution in [0, 0.1) is 18.2 Å². The minimum atomic E-state index is -0.979. The first-order chi connectivity index (χ1) is 31.6. The number of amides is 3. The maximum Gasteiger partial charge on any atom is 0.246 e. The zero-order chi connectivity index (χ0) is 47.0. The summed E-state index contributed by atoms with van der Waals surface area (Å²) in [6, 6.07) is 24.2. The topological polar surface area (TPSA) is 169 Å². The summed E-state index contributed by atoms with van der Waals surface area (Å²) in [6.45, 7) is 10.2. The number of β-amino-alcohol motifs (C(OH)–C–C–N with tert-alkyl or cyclic N) is 1. The van der Waals surface area contributed by atoms with Crippen molar-refractivity contribution in [3.63, 3.8) is 0 Å². The van der Waals surface area contributed by atoms with E-state index >= 15 is 0 Å². The number of carbonyl (C=O) groups is 3. The van der Waals surface area contributed by atoms with Crippen LogP contribution in [-0.4, -0.2) is 95.6 Å². The summed E-state index contributed by atoms with van der Waals surface area (Å²) in [5, 5.41) is 27.3. The number of nitrogens with one attached hydrogen (secondary N) is 2. The summed E-state index contributed by atoms with van der Waals surface area (Å²) < 4.78 is 38.0. The molecule has 66 heavy (non-hydrogen) atoms. The molecule has 0 bridgehead atoms. The molecule has 0 spiro atoms. The smallest absolute Gasteiger partial charge is 0.246 e. The Labute approximate surface area is 391 Å². The van der Waals surface area contributed by atoms with E-state index in [0.717, 1.165) is 42.2 Å². The summed E-state index contributed by atoms with van der Waals surface area (Å²) in [7, 11) is 0. The Balaban J connectivity index is 0.812. The Bertz CT molecular complexity index is 2590. The van der Waals surface area contributed by atoms with E-state index in [2.05, 4.69) is 15.6 Å². The Morgan fingerprint density at radius 3 is 2.26 bits per heavy atom. The highest BCUT2D eigenvalue weighted by molar-refractivity contribution is 7.22. The van der Waals surface area contributed by atoms with Crippen molar-refractivity contribution < 1.29 is 47.9 Å². The molecule has 0 unspecified atom stereocenters. The lowest BCUT2D eigenvalue weighted by molar-refractivity contribution is -0.144. The maximum atomic E-state index is 14.0. The molecule has 16 heteroatoms. The molecule has 7 rings (SSSR count). The summed E-state index contributed by atoms with van der Waals surface area (Å²) in [5.74, 6) is 0.347. The van der Waals surface area contributed by atoms with Crippen LogP contribution < -0.4 is 20.1 Å². The number of hydrogen-bond donors (Lipinski definition) is 4. The van der Waals surface area contributed by atoms with Crippen molar-refractivity contribution in [3.05, 3.63) is 114 Å². The number of phenolic OH excluding ortho intramolecular Hbond substituents is 1. The number of aliphatic hydroxyl groups excluding tert-OH is 1. The molecule has 1 saturated heterocycles. The van der Waals surface area contributed by atoms with E-state index in [1.54, 1.807) is 53.8 Å². The predicted octanol–water partition coefficient (Wildman–Crippen LogP) is 8.81. The second-order valence-corrected chi connectivity index (χ2v) is 19.2. The predicted molar refractivity (Wildman–Crippen MR) is 254 cm³/mol. The number of carbonyl (C=O) groups excluding carboxylic acids is 3. The fraction of sp³-hybridized carbons (Fsp3) is 0.360. The van der Waals surface area contributed by atoms with E-state index in [1.165, 1.54) is 28.4 Å². The first-order valence-electron chi connectivity index (χ1n) is 21.8. The fourth-order valence-corrected chi connectivity index (χ4v) is 9.61. The van der Waals surface area contributed by atoms with Crippen LogP contribution in [0.25, 0.3) is 31.0 Å². The van der Waals surface area contributed by atoms with Crippen LogP contribution in [0.3, 0.4) is 0 Å². The van der Waals surface area contributed by atoms with Crippen LogP contribution in [0.1, 0.15) is 57.8 Å². The summed E-state index contributed by atoms with van der Waals surface area (Å²) in [4.78, 5) is 48.3. The number of benzene rings is 4. The molecule has 1 aliphatic heterocycles. The number of phenols is 1. The van der Waals surface area contributed by atoms with E-state index in [-0.39, 0.29) is 56.3 Å². The second kappa shape index (κ2) is 21.6. The third kappa shape index (κ3) is 12.1. The number of aromatic nitrogens is 1. The molecule has 4 aromatic carbocycles. The highest BCUT2D eigenvalue weighted by atomic mass is 32.1. The normalized spacial score (nSPS) is 16.0. The van der Waals surface area contributed by atoms with Crippen molar-refractivity contribution in [3.8, 4) is 43.9 Å². The number of fused-ring (bicyclic) bond motifs is 1. The van der Waals surface area contributed by atoms with Crippen LogP contribution in [0.4, 0.5) is 4.39 Å². The molecule has 348 valence electrons. The lowest BCUT2D eigenvalue weighted by Gasteiger charge is -2.35. The van der Waals surface area contributed by atoms with Gasteiger partial charge >= 0.3 is 0 Å². The number of ether oxygens (including phenoxy) is 4. The molecule has 2 aromatic heterocycles. The van der Waals surface area contributed by atoms with Gasteiger partial charge < -0.3 is 44.7 Å². The Morgan fingerprint density at radius 2 is 1.56 bits per heavy atom. The van der Waals surface area contributed by atoms with Gasteiger partial charge in [-0.05, 0) is 90.6 Å². The van der Waals surface area contributed by atoms with E-state index < -0.39 is 35.4 Å². The van der Waals surface area contributed by atoms with Gasteiger partial charge in [0, 0.05) is 36.1 Å². The number of hydrogen-bond acceptors (Lipinski definition) is 12. The van der Waals surface area contributed by atoms with Crippen LogP contribution in [0.5, 0.6) is 23.0 Å². The first-order valence-corrected chi connectivity index (χ1v) is 23.5. The largest absolute Gasteiger partial charge is 0.508 e. The molecule has 4 atom stereocenters. The van der Waals surface area contributed by atoms with Crippen molar-refractivity contribution in [2.45, 2.75) is 71.7 Å². The molecule has 0 aliphatic carbocycles. The number of aryl methyl sites for hydroxylation is 1. The maximum absolute atomic E-state index is 14.0. The lowest BCUT2D eigenvalue weighted by atomic mass is 9.85. The number of aromatic hydroxyl groups is 1. The number of rotatable bonds is 19. The standard InChI is InChI=1S/C50H55FN4O9S2/c1-30(32-7-9-33(10-8-32)45-31(2)52-29-65-45)53-48(59)41-25-37(57)27-55(41)49(60)47(50(3,4)5)54-43(58)28-62-24-23-61-21-6-22-63-38-16-18-39(19-17-38)64-44-40-20-15-36(56)26-42(40)66-46(44)34-11-13-35(51)14-12-34/h7-20,26,29-30,37,41,47,56-57H,6,21-25,27-28H2,1-5H3,(H,53,59)(H,54,58)/t30-,37+,41-,47+/m0/s1. The minimum Gasteiger partial charge on any atom is -0.508 e. The summed E-state index contributed by atoms with van der Waals surface area (Å²) >= 11 is 3.02. The number of likely N-dealkylation sites (tertiary alicyclic amines) is 1.